The number of halogens is 1. The Labute approximate surface area is 151 Å². The van der Waals surface area contributed by atoms with Gasteiger partial charge in [-0.3, -0.25) is 9.79 Å². The zero-order valence-corrected chi connectivity index (χ0v) is 16.1. The van der Waals surface area contributed by atoms with Crippen LogP contribution < -0.4 is 11.1 Å². The average Bonchev–Trinajstić information content (AvgIpc) is 2.48. The highest BCUT2D eigenvalue weighted by Gasteiger charge is 2.18. The molecule has 0 aromatic heterocycles. The second kappa shape index (κ2) is 10.3. The lowest BCUT2D eigenvalue weighted by Gasteiger charge is -2.31. The van der Waals surface area contributed by atoms with Crippen LogP contribution in [0.5, 0.6) is 0 Å². The van der Waals surface area contributed by atoms with Gasteiger partial charge in [-0.15, -0.1) is 24.0 Å². The lowest BCUT2D eigenvalue weighted by molar-refractivity contribution is -0.121. The summed E-state index contributed by atoms with van der Waals surface area (Å²) in [6, 6.07) is 0.385. The van der Waals surface area contributed by atoms with E-state index in [-0.39, 0.29) is 29.9 Å². The van der Waals surface area contributed by atoms with E-state index in [1.807, 2.05) is 0 Å². The zero-order chi connectivity index (χ0) is 15.1. The van der Waals surface area contributed by atoms with Gasteiger partial charge in [-0.1, -0.05) is 26.2 Å². The number of rotatable bonds is 4. The number of likely N-dealkylation sites (tertiary alicyclic amines) is 1. The molecule has 2 fully saturated rings. The van der Waals surface area contributed by atoms with E-state index in [0.29, 0.717) is 30.9 Å². The summed E-state index contributed by atoms with van der Waals surface area (Å²) in [4.78, 5) is 18.4. The van der Waals surface area contributed by atoms with Crippen molar-refractivity contribution >= 4 is 35.8 Å². The fourth-order valence-electron chi connectivity index (χ4n) is 3.32. The maximum Gasteiger partial charge on any atom is 0.222 e. The number of hydrogen-bond acceptors (Lipinski definition) is 2. The smallest absolute Gasteiger partial charge is 0.222 e. The number of nitrogens with zero attached hydrogens (tertiary/aromatic N) is 2. The van der Waals surface area contributed by atoms with Crippen molar-refractivity contribution in [2.45, 2.75) is 64.3 Å². The molecule has 1 unspecified atom stereocenters. The Morgan fingerprint density at radius 2 is 1.95 bits per heavy atom. The molecule has 1 heterocycles. The molecule has 1 saturated carbocycles. The molecule has 22 heavy (non-hydrogen) atoms. The molecule has 6 heteroatoms. The van der Waals surface area contributed by atoms with Crippen LogP contribution >= 0.6 is 24.0 Å². The molecule has 2 rings (SSSR count). The summed E-state index contributed by atoms with van der Waals surface area (Å²) in [5.74, 6) is 1.40. The van der Waals surface area contributed by atoms with E-state index in [1.54, 1.807) is 0 Å². The van der Waals surface area contributed by atoms with Gasteiger partial charge in [-0.2, -0.15) is 0 Å². The molecule has 1 aliphatic carbocycles. The van der Waals surface area contributed by atoms with Crippen LogP contribution in [0.1, 0.15) is 58.3 Å². The van der Waals surface area contributed by atoms with Crippen LogP contribution in [-0.2, 0) is 4.79 Å². The summed E-state index contributed by atoms with van der Waals surface area (Å²) in [6.07, 6.45) is 8.94. The van der Waals surface area contributed by atoms with Crippen molar-refractivity contribution in [1.82, 2.24) is 10.2 Å². The second-order valence-corrected chi connectivity index (χ2v) is 6.59. The van der Waals surface area contributed by atoms with E-state index in [9.17, 15) is 4.79 Å². The minimum atomic E-state index is 0. The summed E-state index contributed by atoms with van der Waals surface area (Å²) >= 11 is 0. The summed E-state index contributed by atoms with van der Waals surface area (Å²) in [6.45, 7) is 4.73. The van der Waals surface area contributed by atoms with Crippen LogP contribution in [0.3, 0.4) is 0 Å². The van der Waals surface area contributed by atoms with E-state index in [0.717, 1.165) is 25.9 Å². The molecule has 0 aromatic carbocycles. The largest absolute Gasteiger partial charge is 0.370 e. The highest BCUT2D eigenvalue weighted by molar-refractivity contribution is 14.0. The van der Waals surface area contributed by atoms with Gasteiger partial charge in [-0.05, 0) is 31.6 Å². The molecule has 0 radical (unpaired) electrons. The molecule has 128 valence electrons. The van der Waals surface area contributed by atoms with Gasteiger partial charge >= 0.3 is 0 Å². The minimum absolute atomic E-state index is 0. The third kappa shape index (κ3) is 6.71. The molecular formula is C16H31IN4O. The molecule has 1 amide bonds. The molecule has 5 nitrogen and oxygen atoms in total. The number of guanidine groups is 1. The third-order valence-electron chi connectivity index (χ3n) is 4.56. The Bertz CT molecular complexity index is 369. The number of nitrogens with two attached hydrogens (primary N) is 1. The van der Waals surface area contributed by atoms with Crippen molar-refractivity contribution in [1.29, 1.82) is 0 Å². The van der Waals surface area contributed by atoms with E-state index in [4.69, 9.17) is 5.73 Å². The fourth-order valence-corrected chi connectivity index (χ4v) is 3.32. The average molecular weight is 422 g/mol. The highest BCUT2D eigenvalue weighted by Crippen LogP contribution is 2.17. The Balaban J connectivity index is 0.00000242. The van der Waals surface area contributed by atoms with E-state index >= 15 is 0 Å². The van der Waals surface area contributed by atoms with Crippen LogP contribution in [0.25, 0.3) is 0 Å². The zero-order valence-electron chi connectivity index (χ0n) is 13.7. The Morgan fingerprint density at radius 3 is 2.64 bits per heavy atom. The Hall–Kier alpha value is -0.530. The van der Waals surface area contributed by atoms with Crippen LogP contribution in [0, 0.1) is 5.92 Å². The van der Waals surface area contributed by atoms with E-state index < -0.39 is 0 Å². The molecule has 0 spiro atoms. The van der Waals surface area contributed by atoms with E-state index in [2.05, 4.69) is 22.1 Å². The van der Waals surface area contributed by atoms with Crippen molar-refractivity contribution < 1.29 is 4.79 Å². The van der Waals surface area contributed by atoms with Gasteiger partial charge in [0.25, 0.3) is 0 Å². The van der Waals surface area contributed by atoms with Gasteiger partial charge in [0.1, 0.15) is 0 Å². The maximum absolute atomic E-state index is 11.9. The van der Waals surface area contributed by atoms with Crippen LogP contribution in [0.2, 0.25) is 0 Å². The monoisotopic (exact) mass is 422 g/mol. The van der Waals surface area contributed by atoms with Gasteiger partial charge in [0, 0.05) is 25.6 Å². The lowest BCUT2D eigenvalue weighted by Crippen LogP contribution is -2.43. The van der Waals surface area contributed by atoms with Gasteiger partial charge in [-0.25, -0.2) is 0 Å². The summed E-state index contributed by atoms with van der Waals surface area (Å²) < 4.78 is 0. The highest BCUT2D eigenvalue weighted by atomic mass is 127. The van der Waals surface area contributed by atoms with Crippen molar-refractivity contribution in [3.05, 3.63) is 0 Å². The van der Waals surface area contributed by atoms with Crippen LogP contribution in [0.4, 0.5) is 0 Å². The van der Waals surface area contributed by atoms with E-state index in [1.165, 1.54) is 32.1 Å². The van der Waals surface area contributed by atoms with Gasteiger partial charge < -0.3 is 16.0 Å². The first-order chi connectivity index (χ1) is 10.1. The number of carbonyl (C=O) groups excluding carboxylic acids is 1. The van der Waals surface area contributed by atoms with Crippen molar-refractivity contribution in [2.75, 3.05) is 19.6 Å². The predicted molar refractivity (Wildman–Crippen MR) is 102 cm³/mol. The number of piperidine rings is 1. The summed E-state index contributed by atoms with van der Waals surface area (Å²) in [7, 11) is 0. The first kappa shape index (κ1) is 19.5. The van der Waals surface area contributed by atoms with Crippen LogP contribution in [0.15, 0.2) is 4.99 Å². The molecule has 2 aliphatic rings. The van der Waals surface area contributed by atoms with Gasteiger partial charge in [0.2, 0.25) is 5.91 Å². The van der Waals surface area contributed by atoms with Crippen LogP contribution in [-0.4, -0.2) is 42.4 Å². The van der Waals surface area contributed by atoms with Gasteiger partial charge in [0.05, 0.1) is 6.54 Å². The standard InChI is InChI=1S/C16H30N4O.HI/c1-13-6-5-11-20(12-13)16(17)18-10-9-15(21)19-14-7-3-2-4-8-14;/h13-14H,2-12H2,1H3,(H2,17,18)(H,19,21);1H. The molecular weight excluding hydrogens is 391 g/mol. The quantitative estimate of drug-likeness (QED) is 0.416. The van der Waals surface area contributed by atoms with Crippen molar-refractivity contribution in [3.8, 4) is 0 Å². The fraction of sp³-hybridized carbons (Fsp3) is 0.875. The first-order valence-electron chi connectivity index (χ1n) is 8.49. The lowest BCUT2D eigenvalue weighted by atomic mass is 9.95. The van der Waals surface area contributed by atoms with Crippen molar-refractivity contribution in [2.24, 2.45) is 16.6 Å². The summed E-state index contributed by atoms with van der Waals surface area (Å²) in [5.41, 5.74) is 6.03. The molecule has 3 N–H and O–H groups in total. The third-order valence-corrected chi connectivity index (χ3v) is 4.56. The maximum atomic E-state index is 11.9. The Morgan fingerprint density at radius 1 is 1.23 bits per heavy atom. The molecule has 0 aromatic rings. The normalized spacial score (nSPS) is 23.8. The number of hydrogen-bond donors (Lipinski definition) is 2. The number of aliphatic imine (C=N–C) groups is 1. The SMILES string of the molecule is CC1CCCN(C(N)=NCCC(=O)NC2CCCCC2)C1.I. The Kier molecular flexibility index (Phi) is 9.12. The molecule has 1 saturated heterocycles. The molecule has 1 atom stereocenters. The number of nitrogens with one attached hydrogen (secondary N) is 1. The molecule has 1 aliphatic heterocycles. The molecule has 0 bridgehead atoms. The topological polar surface area (TPSA) is 70.7 Å². The van der Waals surface area contributed by atoms with Crippen molar-refractivity contribution in [3.63, 3.8) is 0 Å². The first-order valence-corrected chi connectivity index (χ1v) is 8.49. The number of carbonyl (C=O) groups is 1. The number of amides is 1. The minimum Gasteiger partial charge on any atom is -0.370 e. The predicted octanol–water partition coefficient (Wildman–Crippen LogP) is 2.49. The second-order valence-electron chi connectivity index (χ2n) is 6.59. The van der Waals surface area contributed by atoms with Gasteiger partial charge in [0.15, 0.2) is 5.96 Å². The summed E-state index contributed by atoms with van der Waals surface area (Å²) in [5, 5.41) is 3.12.